The van der Waals surface area contributed by atoms with E-state index in [0.29, 0.717) is 6.79 Å². The fourth-order valence-electron chi connectivity index (χ4n) is 3.48. The van der Waals surface area contributed by atoms with Crippen molar-refractivity contribution in [1.29, 1.82) is 0 Å². The van der Waals surface area contributed by atoms with Crippen LogP contribution in [0.1, 0.15) is 56.7 Å². The van der Waals surface area contributed by atoms with Gasteiger partial charge in [-0.15, -0.1) is 0 Å². The maximum absolute atomic E-state index is 5.55. The third-order valence-corrected chi connectivity index (χ3v) is 4.85. The smallest absolute Gasteiger partial charge is 0.231 e. The number of fused-ring (bicyclic) bond motifs is 2. The molecule has 2 aliphatic rings. The lowest BCUT2D eigenvalue weighted by Crippen LogP contribution is -2.06. The molecule has 2 aromatic rings. The summed E-state index contributed by atoms with van der Waals surface area (Å²) in [7, 11) is 0. The lowest BCUT2D eigenvalue weighted by atomic mass is 10.00. The second kappa shape index (κ2) is 7.91. The van der Waals surface area contributed by atoms with Crippen molar-refractivity contribution in [2.45, 2.75) is 45.6 Å². The third-order valence-electron chi connectivity index (χ3n) is 4.85. The minimum absolute atomic E-state index is 0.0940. The fraction of sp³-hybridized carbons (Fsp3) is 0.409. The molecule has 0 radical (unpaired) electrons. The quantitative estimate of drug-likeness (QED) is 0.625. The Morgan fingerprint density at radius 1 is 0.852 bits per heavy atom. The predicted molar refractivity (Wildman–Crippen MR) is 104 cm³/mol. The third kappa shape index (κ3) is 3.72. The maximum atomic E-state index is 5.55. The van der Waals surface area contributed by atoms with E-state index in [1.54, 1.807) is 0 Å². The van der Waals surface area contributed by atoms with Crippen molar-refractivity contribution < 1.29 is 18.9 Å². The molecule has 27 heavy (non-hydrogen) atoms. The average Bonchev–Trinajstić information content (AvgIpc) is 3.34. The molecule has 0 unspecified atom stereocenters. The second-order valence-corrected chi connectivity index (χ2v) is 6.81. The molecule has 2 aromatic carbocycles. The molecular formula is C22H25NO4. The van der Waals surface area contributed by atoms with Gasteiger partial charge in [0.05, 0.1) is 6.04 Å². The minimum Gasteiger partial charge on any atom is -0.454 e. The monoisotopic (exact) mass is 367 g/mol. The van der Waals surface area contributed by atoms with E-state index in [-0.39, 0.29) is 12.8 Å². The van der Waals surface area contributed by atoms with Gasteiger partial charge in [0.1, 0.15) is 0 Å². The van der Waals surface area contributed by atoms with Crippen LogP contribution < -0.4 is 18.9 Å². The summed E-state index contributed by atoms with van der Waals surface area (Å²) < 4.78 is 22.0. The van der Waals surface area contributed by atoms with Crippen LogP contribution >= 0.6 is 0 Å². The number of hydrogen-bond acceptors (Lipinski definition) is 5. The number of nitrogens with zero attached hydrogens (tertiary/aromatic N) is 1. The summed E-state index contributed by atoms with van der Waals surface area (Å²) in [6.07, 6.45) is 4.00. The number of ether oxygens (including phenoxy) is 4. The van der Waals surface area contributed by atoms with Gasteiger partial charge in [-0.3, -0.25) is 4.99 Å². The van der Waals surface area contributed by atoms with E-state index in [1.165, 1.54) is 0 Å². The van der Waals surface area contributed by atoms with Gasteiger partial charge in [-0.1, -0.05) is 32.8 Å². The lowest BCUT2D eigenvalue weighted by molar-refractivity contribution is 0.173. The van der Waals surface area contributed by atoms with Gasteiger partial charge in [-0.25, -0.2) is 0 Å². The summed E-state index contributed by atoms with van der Waals surface area (Å²) in [6, 6.07) is 12.3. The predicted octanol–water partition coefficient (Wildman–Crippen LogP) is 5.27. The van der Waals surface area contributed by atoms with Gasteiger partial charge < -0.3 is 18.9 Å². The first-order valence-electron chi connectivity index (χ1n) is 9.64. The topological polar surface area (TPSA) is 49.3 Å². The Kier molecular flexibility index (Phi) is 5.19. The fourth-order valence-corrected chi connectivity index (χ4v) is 3.48. The summed E-state index contributed by atoms with van der Waals surface area (Å²) in [6.45, 7) is 4.95. The summed E-state index contributed by atoms with van der Waals surface area (Å²) in [5, 5.41) is 0. The Balaban J connectivity index is 1.68. The summed E-state index contributed by atoms with van der Waals surface area (Å²) >= 11 is 0. The van der Waals surface area contributed by atoms with Crippen LogP contribution in [0, 0.1) is 0 Å². The van der Waals surface area contributed by atoms with Crippen LogP contribution in [-0.4, -0.2) is 19.3 Å². The molecule has 0 amide bonds. The normalized spacial score (nSPS) is 15.9. The lowest BCUT2D eigenvalue weighted by Gasteiger charge is -2.16. The van der Waals surface area contributed by atoms with Crippen molar-refractivity contribution in [3.8, 4) is 23.0 Å². The van der Waals surface area contributed by atoms with Crippen molar-refractivity contribution in [1.82, 2.24) is 0 Å². The van der Waals surface area contributed by atoms with E-state index in [2.05, 4.69) is 32.0 Å². The highest BCUT2D eigenvalue weighted by Crippen LogP contribution is 2.37. The van der Waals surface area contributed by atoms with Crippen LogP contribution in [0.2, 0.25) is 0 Å². The van der Waals surface area contributed by atoms with Gasteiger partial charge in [0, 0.05) is 5.71 Å². The zero-order valence-corrected chi connectivity index (χ0v) is 15.9. The van der Waals surface area contributed by atoms with Gasteiger partial charge in [0.2, 0.25) is 13.6 Å². The molecule has 5 heteroatoms. The Morgan fingerprint density at radius 2 is 1.52 bits per heavy atom. The highest BCUT2D eigenvalue weighted by atomic mass is 16.7. The second-order valence-electron chi connectivity index (χ2n) is 6.81. The maximum Gasteiger partial charge on any atom is 0.231 e. The molecule has 2 heterocycles. The van der Waals surface area contributed by atoms with Crippen LogP contribution in [0.25, 0.3) is 0 Å². The van der Waals surface area contributed by atoms with Crippen LogP contribution in [-0.2, 0) is 0 Å². The largest absolute Gasteiger partial charge is 0.454 e. The average molecular weight is 367 g/mol. The molecule has 0 N–H and O–H groups in total. The highest BCUT2D eigenvalue weighted by molar-refractivity contribution is 6.01. The van der Waals surface area contributed by atoms with Gasteiger partial charge in [0.25, 0.3) is 0 Å². The first kappa shape index (κ1) is 17.7. The zero-order chi connectivity index (χ0) is 18.6. The molecule has 5 nitrogen and oxygen atoms in total. The number of hydrogen-bond donors (Lipinski definition) is 0. The van der Waals surface area contributed by atoms with Crippen LogP contribution in [0.4, 0.5) is 0 Å². The van der Waals surface area contributed by atoms with Gasteiger partial charge in [-0.05, 0) is 54.3 Å². The molecule has 0 spiro atoms. The van der Waals surface area contributed by atoms with Gasteiger partial charge >= 0.3 is 0 Å². The molecular weight excluding hydrogens is 342 g/mol. The van der Waals surface area contributed by atoms with E-state index in [9.17, 15) is 0 Å². The highest BCUT2D eigenvalue weighted by Gasteiger charge is 2.19. The molecule has 2 aliphatic heterocycles. The molecule has 0 aromatic heterocycles. The molecule has 1 atom stereocenters. The zero-order valence-electron chi connectivity index (χ0n) is 15.9. The molecule has 0 aliphatic carbocycles. The molecule has 142 valence electrons. The van der Waals surface area contributed by atoms with Gasteiger partial charge in [-0.2, -0.15) is 0 Å². The SMILES string of the molecule is CCCC(=N[C@@H](CCC)c1ccc2c(c1)OCO2)c1ccc2c(c1)OCO2. The van der Waals surface area contributed by atoms with E-state index in [4.69, 9.17) is 23.9 Å². The summed E-state index contributed by atoms with van der Waals surface area (Å²) in [5.74, 6) is 3.22. The van der Waals surface area contributed by atoms with Crippen molar-refractivity contribution in [3.05, 3.63) is 47.5 Å². The molecule has 0 fully saturated rings. The van der Waals surface area contributed by atoms with E-state index in [1.807, 2.05) is 18.2 Å². The molecule has 0 saturated heterocycles. The Morgan fingerprint density at radius 3 is 2.22 bits per heavy atom. The molecule has 0 saturated carbocycles. The van der Waals surface area contributed by atoms with Crippen molar-refractivity contribution in [2.75, 3.05) is 13.6 Å². The molecule has 0 bridgehead atoms. The number of aliphatic imine (C=N–C) groups is 1. The minimum atomic E-state index is 0.0940. The summed E-state index contributed by atoms with van der Waals surface area (Å²) in [5.41, 5.74) is 3.37. The molecule has 4 rings (SSSR count). The van der Waals surface area contributed by atoms with Crippen molar-refractivity contribution >= 4 is 5.71 Å². The van der Waals surface area contributed by atoms with Crippen LogP contribution in [0.5, 0.6) is 23.0 Å². The van der Waals surface area contributed by atoms with Crippen molar-refractivity contribution in [3.63, 3.8) is 0 Å². The summed E-state index contributed by atoms with van der Waals surface area (Å²) in [4.78, 5) is 5.17. The number of rotatable bonds is 7. The van der Waals surface area contributed by atoms with E-state index >= 15 is 0 Å². The standard InChI is InChI=1S/C22H25NO4/c1-3-5-17(15-7-9-19-21(11-15)26-13-24-19)23-18(6-4-2)16-8-10-20-22(12-16)27-14-25-20/h7-12,17H,3-6,13-14H2,1-2H3/t17-/m0/s1. The van der Waals surface area contributed by atoms with Gasteiger partial charge in [0.15, 0.2) is 23.0 Å². The Hall–Kier alpha value is -2.69. The van der Waals surface area contributed by atoms with Crippen LogP contribution in [0.15, 0.2) is 41.4 Å². The van der Waals surface area contributed by atoms with E-state index in [0.717, 1.165) is 65.5 Å². The van der Waals surface area contributed by atoms with Crippen LogP contribution in [0.3, 0.4) is 0 Å². The van der Waals surface area contributed by atoms with E-state index < -0.39 is 0 Å². The van der Waals surface area contributed by atoms with Crippen molar-refractivity contribution in [2.24, 2.45) is 4.99 Å². The first-order valence-corrected chi connectivity index (χ1v) is 9.64. The number of benzene rings is 2. The first-order chi connectivity index (χ1) is 13.3. The Labute approximate surface area is 159 Å². The Bertz CT molecular complexity index is 846.